The van der Waals surface area contributed by atoms with Gasteiger partial charge in [0.2, 0.25) is 6.23 Å². The predicted molar refractivity (Wildman–Crippen MR) is 185 cm³/mol. The van der Waals surface area contributed by atoms with Crippen LogP contribution >= 0.6 is 0 Å². The SMILES string of the molecule is CCCCCCCCCCCCCCCCCC1OCC(COC(=O)CCCCC(OS(=O)(=O)c2ccc(C)cc2)[N+](C)(C)C)O1. The lowest BCUT2D eigenvalue weighted by Crippen LogP contribution is -2.47. The van der Waals surface area contributed by atoms with Crippen molar-refractivity contribution >= 4 is 16.1 Å². The molecule has 0 spiro atoms. The lowest BCUT2D eigenvalue weighted by molar-refractivity contribution is -0.915. The van der Waals surface area contributed by atoms with E-state index in [0.29, 0.717) is 30.4 Å². The van der Waals surface area contributed by atoms with Crippen LogP contribution in [0.2, 0.25) is 0 Å². The van der Waals surface area contributed by atoms with Crippen LogP contribution in [0, 0.1) is 6.92 Å². The van der Waals surface area contributed by atoms with Crippen molar-refractivity contribution in [1.82, 2.24) is 0 Å². The minimum atomic E-state index is -3.89. The topological polar surface area (TPSA) is 88.1 Å². The molecule has 1 fully saturated rings. The molecule has 0 aromatic heterocycles. The van der Waals surface area contributed by atoms with Crippen LogP contribution in [0.4, 0.5) is 0 Å². The number of rotatable bonds is 27. The minimum absolute atomic E-state index is 0.148. The van der Waals surface area contributed by atoms with Crippen molar-refractivity contribution < 1.29 is 36.1 Å². The molecule has 0 radical (unpaired) electrons. The summed E-state index contributed by atoms with van der Waals surface area (Å²) in [5, 5.41) is 0. The van der Waals surface area contributed by atoms with Gasteiger partial charge in [-0.25, -0.2) is 4.18 Å². The Labute approximate surface area is 281 Å². The summed E-state index contributed by atoms with van der Waals surface area (Å²) in [5.41, 5.74) is 0.983. The molecule has 1 aliphatic rings. The Kier molecular flexibility index (Phi) is 20.3. The van der Waals surface area contributed by atoms with Crippen LogP contribution in [0.1, 0.15) is 141 Å². The first-order valence-electron chi connectivity index (χ1n) is 18.2. The van der Waals surface area contributed by atoms with E-state index in [4.69, 9.17) is 18.4 Å². The van der Waals surface area contributed by atoms with Gasteiger partial charge in [0.25, 0.3) is 0 Å². The molecule has 3 unspecified atom stereocenters. The van der Waals surface area contributed by atoms with Crippen LogP contribution in [0.15, 0.2) is 29.2 Å². The number of unbranched alkanes of at least 4 members (excludes halogenated alkanes) is 15. The highest BCUT2D eigenvalue weighted by Gasteiger charge is 2.31. The Bertz CT molecular complexity index is 1040. The second kappa shape index (κ2) is 22.9. The van der Waals surface area contributed by atoms with E-state index >= 15 is 0 Å². The molecule has 8 nitrogen and oxygen atoms in total. The van der Waals surface area contributed by atoms with E-state index in [1.807, 2.05) is 28.1 Å². The van der Waals surface area contributed by atoms with Crippen molar-refractivity contribution in [3.63, 3.8) is 0 Å². The van der Waals surface area contributed by atoms with Crippen LogP contribution in [0.3, 0.4) is 0 Å². The zero-order valence-corrected chi connectivity index (χ0v) is 30.6. The van der Waals surface area contributed by atoms with E-state index in [1.165, 1.54) is 89.9 Å². The number of ether oxygens (including phenoxy) is 3. The second-order valence-corrected chi connectivity index (χ2v) is 15.7. The Morgan fingerprint density at radius 3 is 1.91 bits per heavy atom. The summed E-state index contributed by atoms with van der Waals surface area (Å²) in [6.45, 7) is 4.84. The van der Waals surface area contributed by atoms with Gasteiger partial charge in [-0.3, -0.25) is 4.79 Å². The van der Waals surface area contributed by atoms with Crippen molar-refractivity contribution in [3.05, 3.63) is 29.8 Å². The van der Waals surface area contributed by atoms with Gasteiger partial charge in [-0.05, 0) is 44.7 Å². The zero-order valence-electron chi connectivity index (χ0n) is 29.8. The fourth-order valence-electron chi connectivity index (χ4n) is 5.75. The summed E-state index contributed by atoms with van der Waals surface area (Å²) in [6.07, 6.45) is 22.1. The number of hydrogen-bond donors (Lipinski definition) is 0. The first-order chi connectivity index (χ1) is 22.0. The highest BCUT2D eigenvalue weighted by Crippen LogP contribution is 2.23. The summed E-state index contributed by atoms with van der Waals surface area (Å²) in [5.74, 6) is -0.274. The Morgan fingerprint density at radius 2 is 1.37 bits per heavy atom. The maximum absolute atomic E-state index is 12.8. The number of nitrogens with zero attached hydrogens (tertiary/aromatic N) is 1. The molecule has 46 heavy (non-hydrogen) atoms. The Hall–Kier alpha value is -1.52. The molecule has 1 aromatic carbocycles. The second-order valence-electron chi connectivity index (χ2n) is 14.1. The number of carbonyl (C=O) groups is 1. The number of carbonyl (C=O) groups excluding carboxylic acids is 1. The third kappa shape index (κ3) is 18.1. The molecule has 0 aliphatic carbocycles. The molecule has 1 aromatic rings. The van der Waals surface area contributed by atoms with Crippen LogP contribution in [-0.2, 0) is 33.3 Å². The number of esters is 1. The average molecular weight is 669 g/mol. The molecule has 266 valence electrons. The maximum Gasteiger partial charge on any atom is 0.305 e. The average Bonchev–Trinajstić information content (AvgIpc) is 3.47. The van der Waals surface area contributed by atoms with E-state index in [1.54, 1.807) is 24.3 Å². The fourth-order valence-corrected chi connectivity index (χ4v) is 6.97. The van der Waals surface area contributed by atoms with Crippen LogP contribution in [0.25, 0.3) is 0 Å². The van der Waals surface area contributed by atoms with Gasteiger partial charge in [0.1, 0.15) is 12.7 Å². The smallest absolute Gasteiger partial charge is 0.305 e. The van der Waals surface area contributed by atoms with Crippen molar-refractivity contribution in [2.45, 2.75) is 166 Å². The van der Waals surface area contributed by atoms with Crippen molar-refractivity contribution in [3.8, 4) is 0 Å². The van der Waals surface area contributed by atoms with Gasteiger partial charge in [-0.1, -0.05) is 115 Å². The standard InChI is InChI=1S/C37H66NO7S/c1-6-7-8-9-10-11-12-13-14-15-16-17-18-19-20-25-37-43-31-33(44-37)30-42-36(39)24-22-21-23-35(38(3,4)5)45-46(40,41)34-28-26-32(2)27-29-34/h26-29,33,35,37H,6-25,30-31H2,1-5H3/q+1. The van der Waals surface area contributed by atoms with Gasteiger partial charge in [-0.2, -0.15) is 8.42 Å². The van der Waals surface area contributed by atoms with Crippen LogP contribution in [-0.4, -0.2) is 71.8 Å². The predicted octanol–water partition coefficient (Wildman–Crippen LogP) is 8.84. The summed E-state index contributed by atoms with van der Waals surface area (Å²) in [6, 6.07) is 6.64. The zero-order chi connectivity index (χ0) is 33.7. The summed E-state index contributed by atoms with van der Waals surface area (Å²) >= 11 is 0. The van der Waals surface area contributed by atoms with Crippen molar-refractivity contribution in [2.24, 2.45) is 0 Å². The number of quaternary nitrogens is 1. The molecule has 9 heteroatoms. The van der Waals surface area contributed by atoms with Crippen molar-refractivity contribution in [1.29, 1.82) is 0 Å². The molecule has 0 amide bonds. The molecular formula is C37H66NO7S+. The molecule has 1 saturated heterocycles. The molecule has 0 N–H and O–H groups in total. The molecule has 3 atom stereocenters. The van der Waals surface area contributed by atoms with Gasteiger partial charge in [0.05, 0.1) is 32.6 Å². The normalized spacial score (nSPS) is 17.8. The Balaban J connectivity index is 1.48. The van der Waals surface area contributed by atoms with Gasteiger partial charge in [-0.15, -0.1) is 0 Å². The molecule has 0 bridgehead atoms. The van der Waals surface area contributed by atoms with E-state index in [0.717, 1.165) is 18.4 Å². The highest BCUT2D eigenvalue weighted by atomic mass is 32.2. The van der Waals surface area contributed by atoms with Gasteiger partial charge >= 0.3 is 16.1 Å². The third-order valence-electron chi connectivity index (χ3n) is 8.78. The molecular weight excluding hydrogens is 602 g/mol. The maximum atomic E-state index is 12.8. The lowest BCUT2D eigenvalue weighted by Gasteiger charge is -2.33. The fraction of sp³-hybridized carbons (Fsp3) is 0.811. The van der Waals surface area contributed by atoms with E-state index in [9.17, 15) is 13.2 Å². The molecule has 1 aliphatic heterocycles. The highest BCUT2D eigenvalue weighted by molar-refractivity contribution is 7.86. The number of aryl methyl sites for hydroxylation is 1. The first-order valence-corrected chi connectivity index (χ1v) is 19.7. The van der Waals surface area contributed by atoms with Crippen LogP contribution < -0.4 is 0 Å². The molecule has 1 heterocycles. The minimum Gasteiger partial charge on any atom is -0.463 e. The summed E-state index contributed by atoms with van der Waals surface area (Å²) < 4.78 is 48.8. The Morgan fingerprint density at radius 1 is 0.826 bits per heavy atom. The largest absolute Gasteiger partial charge is 0.463 e. The van der Waals surface area contributed by atoms with Gasteiger partial charge in [0.15, 0.2) is 6.29 Å². The van der Waals surface area contributed by atoms with Gasteiger partial charge < -0.3 is 18.7 Å². The van der Waals surface area contributed by atoms with E-state index in [-0.39, 0.29) is 36.3 Å². The lowest BCUT2D eigenvalue weighted by atomic mass is 10.0. The third-order valence-corrected chi connectivity index (χ3v) is 10.1. The van der Waals surface area contributed by atoms with Crippen molar-refractivity contribution in [2.75, 3.05) is 34.4 Å². The first kappa shape index (κ1) is 40.7. The molecule has 0 saturated carbocycles. The van der Waals surface area contributed by atoms with Gasteiger partial charge in [0, 0.05) is 12.8 Å². The quantitative estimate of drug-likeness (QED) is 0.0304. The van der Waals surface area contributed by atoms with Crippen LogP contribution in [0.5, 0.6) is 0 Å². The number of hydrogen-bond acceptors (Lipinski definition) is 7. The summed E-state index contributed by atoms with van der Waals surface area (Å²) in [7, 11) is 1.82. The monoisotopic (exact) mass is 668 g/mol. The molecule has 2 rings (SSSR count). The van der Waals surface area contributed by atoms with E-state index in [2.05, 4.69) is 6.92 Å². The van der Waals surface area contributed by atoms with E-state index < -0.39 is 16.3 Å². The number of benzene rings is 1. The summed E-state index contributed by atoms with van der Waals surface area (Å²) in [4.78, 5) is 12.5.